The Morgan fingerprint density at radius 1 is 1.15 bits per heavy atom. The molecule has 132 valence electrons. The van der Waals surface area contributed by atoms with Crippen molar-refractivity contribution in [3.05, 3.63) is 72.2 Å². The largest absolute Gasteiger partial charge is 0.486 e. The molecule has 3 aromatic rings. The summed E-state index contributed by atoms with van der Waals surface area (Å²) in [6, 6.07) is 15.8. The van der Waals surface area contributed by atoms with Crippen LogP contribution in [0.25, 0.3) is 10.9 Å². The molecule has 2 heterocycles. The Labute approximate surface area is 151 Å². The molecule has 0 aliphatic carbocycles. The average Bonchev–Trinajstić information content (AvgIpc) is 3.13. The summed E-state index contributed by atoms with van der Waals surface area (Å²) in [5.41, 5.74) is 1.66. The highest BCUT2D eigenvalue weighted by Crippen LogP contribution is 2.26. The van der Waals surface area contributed by atoms with Gasteiger partial charge in [-0.05, 0) is 29.8 Å². The number of para-hydroxylation sites is 1. The van der Waals surface area contributed by atoms with Gasteiger partial charge >= 0.3 is 0 Å². The molecule has 0 N–H and O–H groups in total. The fourth-order valence-electron chi connectivity index (χ4n) is 3.29. The zero-order valence-corrected chi connectivity index (χ0v) is 14.3. The predicted octanol–water partition coefficient (Wildman–Crippen LogP) is 3.60. The molecule has 0 unspecified atom stereocenters. The number of halogens is 1. The van der Waals surface area contributed by atoms with Crippen LogP contribution in [0.3, 0.4) is 0 Å². The summed E-state index contributed by atoms with van der Waals surface area (Å²) in [4.78, 5) is 18.7. The molecule has 5 heteroatoms. The highest BCUT2D eigenvalue weighted by Gasteiger charge is 2.28. The summed E-state index contributed by atoms with van der Waals surface area (Å²) >= 11 is 0. The Balaban J connectivity index is 1.40. The first-order valence-electron chi connectivity index (χ1n) is 8.72. The van der Waals surface area contributed by atoms with Crippen molar-refractivity contribution in [2.24, 2.45) is 0 Å². The lowest BCUT2D eigenvalue weighted by atomic mass is 10.1. The van der Waals surface area contributed by atoms with Crippen LogP contribution in [0, 0.1) is 5.82 Å². The Morgan fingerprint density at radius 3 is 2.81 bits per heavy atom. The van der Waals surface area contributed by atoms with Crippen molar-refractivity contribution in [1.82, 2.24) is 9.88 Å². The van der Waals surface area contributed by atoms with E-state index in [1.807, 2.05) is 35.2 Å². The van der Waals surface area contributed by atoms with Crippen LogP contribution in [-0.2, 0) is 11.2 Å². The third-order valence-electron chi connectivity index (χ3n) is 4.66. The van der Waals surface area contributed by atoms with E-state index in [1.165, 1.54) is 12.1 Å². The van der Waals surface area contributed by atoms with Gasteiger partial charge in [-0.15, -0.1) is 0 Å². The number of carbonyl (C=O) groups excluding carboxylic acids is 1. The van der Waals surface area contributed by atoms with Crippen molar-refractivity contribution < 1.29 is 13.9 Å². The summed E-state index contributed by atoms with van der Waals surface area (Å²) in [6.07, 6.45) is 2.78. The molecular weight excluding hydrogens is 331 g/mol. The maximum atomic E-state index is 13.0. The van der Waals surface area contributed by atoms with E-state index in [1.54, 1.807) is 18.3 Å². The zero-order valence-electron chi connectivity index (χ0n) is 14.3. The molecule has 2 aromatic carbocycles. The van der Waals surface area contributed by atoms with Gasteiger partial charge in [0.15, 0.2) is 0 Å². The molecule has 0 bridgehead atoms. The lowest BCUT2D eigenvalue weighted by Crippen LogP contribution is -2.32. The van der Waals surface area contributed by atoms with E-state index in [2.05, 4.69) is 4.98 Å². The summed E-state index contributed by atoms with van der Waals surface area (Å²) in [6.45, 7) is 1.23. The fraction of sp³-hybridized carbons (Fsp3) is 0.238. The van der Waals surface area contributed by atoms with Gasteiger partial charge in [-0.2, -0.15) is 0 Å². The van der Waals surface area contributed by atoms with Crippen LogP contribution in [-0.4, -0.2) is 35.0 Å². The monoisotopic (exact) mass is 350 g/mol. The Kier molecular flexibility index (Phi) is 4.52. The van der Waals surface area contributed by atoms with Gasteiger partial charge in [0.25, 0.3) is 0 Å². The quantitative estimate of drug-likeness (QED) is 0.722. The molecule has 0 saturated carbocycles. The topological polar surface area (TPSA) is 42.4 Å². The van der Waals surface area contributed by atoms with Gasteiger partial charge < -0.3 is 9.64 Å². The number of amides is 1. The Bertz CT molecular complexity index is 921. The van der Waals surface area contributed by atoms with Crippen LogP contribution in [0.15, 0.2) is 60.8 Å². The number of rotatable bonds is 4. The molecule has 4 rings (SSSR count). The molecule has 1 aliphatic heterocycles. The van der Waals surface area contributed by atoms with Gasteiger partial charge in [0.2, 0.25) is 5.91 Å². The minimum Gasteiger partial charge on any atom is -0.486 e. The number of ether oxygens (including phenoxy) is 1. The van der Waals surface area contributed by atoms with Crippen LogP contribution in [0.2, 0.25) is 0 Å². The Hall–Kier alpha value is -2.95. The molecule has 1 amide bonds. The van der Waals surface area contributed by atoms with Crippen LogP contribution >= 0.6 is 0 Å². The number of likely N-dealkylation sites (tertiary alicyclic amines) is 1. The SMILES string of the molecule is O=C(Cc1ccc(F)cc1)N1CC[C@H](Oc2cccc3cccnc23)C1. The second-order valence-corrected chi connectivity index (χ2v) is 6.50. The van der Waals surface area contributed by atoms with Crippen LogP contribution in [0.1, 0.15) is 12.0 Å². The second-order valence-electron chi connectivity index (χ2n) is 6.50. The molecule has 0 radical (unpaired) electrons. The van der Waals surface area contributed by atoms with Crippen molar-refractivity contribution in [2.45, 2.75) is 18.9 Å². The second kappa shape index (κ2) is 7.12. The predicted molar refractivity (Wildman–Crippen MR) is 97.5 cm³/mol. The summed E-state index contributed by atoms with van der Waals surface area (Å²) in [5.74, 6) is 0.499. The molecule has 1 atom stereocenters. The third kappa shape index (κ3) is 3.52. The lowest BCUT2D eigenvalue weighted by Gasteiger charge is -2.18. The van der Waals surface area contributed by atoms with Gasteiger partial charge in [0.05, 0.1) is 13.0 Å². The highest BCUT2D eigenvalue weighted by atomic mass is 19.1. The number of pyridine rings is 1. The maximum absolute atomic E-state index is 13.0. The van der Waals surface area contributed by atoms with Gasteiger partial charge in [0, 0.05) is 24.5 Å². The van der Waals surface area contributed by atoms with E-state index in [9.17, 15) is 9.18 Å². The molecule has 1 fully saturated rings. The average molecular weight is 350 g/mol. The van der Waals surface area contributed by atoms with Crippen molar-refractivity contribution in [1.29, 1.82) is 0 Å². The number of aromatic nitrogens is 1. The number of carbonyl (C=O) groups is 1. The molecule has 1 saturated heterocycles. The maximum Gasteiger partial charge on any atom is 0.227 e. The lowest BCUT2D eigenvalue weighted by molar-refractivity contribution is -0.129. The van der Waals surface area contributed by atoms with Crippen molar-refractivity contribution in [3.63, 3.8) is 0 Å². The molecular formula is C21H19FN2O2. The van der Waals surface area contributed by atoms with E-state index >= 15 is 0 Å². The van der Waals surface area contributed by atoms with Crippen LogP contribution in [0.4, 0.5) is 4.39 Å². The number of hydrogen-bond acceptors (Lipinski definition) is 3. The zero-order chi connectivity index (χ0) is 17.9. The smallest absolute Gasteiger partial charge is 0.227 e. The normalized spacial score (nSPS) is 16.8. The first kappa shape index (κ1) is 16.5. The molecule has 4 nitrogen and oxygen atoms in total. The number of benzene rings is 2. The minimum absolute atomic E-state index is 0.0405. The number of hydrogen-bond donors (Lipinski definition) is 0. The Morgan fingerprint density at radius 2 is 1.96 bits per heavy atom. The van der Waals surface area contributed by atoms with Crippen molar-refractivity contribution in [2.75, 3.05) is 13.1 Å². The van der Waals surface area contributed by atoms with Crippen LogP contribution in [0.5, 0.6) is 5.75 Å². The van der Waals surface area contributed by atoms with E-state index < -0.39 is 0 Å². The third-order valence-corrected chi connectivity index (χ3v) is 4.66. The van der Waals surface area contributed by atoms with Gasteiger partial charge in [-0.1, -0.05) is 30.3 Å². The number of fused-ring (bicyclic) bond motifs is 1. The molecule has 26 heavy (non-hydrogen) atoms. The van der Waals surface area contributed by atoms with Gasteiger partial charge in [0.1, 0.15) is 23.2 Å². The fourth-order valence-corrected chi connectivity index (χ4v) is 3.29. The summed E-state index contributed by atoms with van der Waals surface area (Å²) in [7, 11) is 0. The van der Waals surface area contributed by atoms with E-state index in [4.69, 9.17) is 4.74 Å². The van der Waals surface area contributed by atoms with E-state index in [-0.39, 0.29) is 24.2 Å². The van der Waals surface area contributed by atoms with E-state index in [0.717, 1.165) is 28.6 Å². The van der Waals surface area contributed by atoms with Crippen molar-refractivity contribution in [3.8, 4) is 5.75 Å². The number of nitrogens with zero attached hydrogens (tertiary/aromatic N) is 2. The molecule has 0 spiro atoms. The van der Waals surface area contributed by atoms with Gasteiger partial charge in [-0.3, -0.25) is 9.78 Å². The van der Waals surface area contributed by atoms with Gasteiger partial charge in [-0.25, -0.2) is 4.39 Å². The summed E-state index contributed by atoms with van der Waals surface area (Å²) < 4.78 is 19.1. The molecule has 1 aromatic heterocycles. The summed E-state index contributed by atoms with van der Waals surface area (Å²) in [5, 5.41) is 1.03. The van der Waals surface area contributed by atoms with Crippen molar-refractivity contribution >= 4 is 16.8 Å². The molecule has 1 aliphatic rings. The first-order valence-corrected chi connectivity index (χ1v) is 8.72. The highest BCUT2D eigenvalue weighted by molar-refractivity contribution is 5.84. The van der Waals surface area contributed by atoms with Crippen LogP contribution < -0.4 is 4.74 Å². The minimum atomic E-state index is -0.292. The van der Waals surface area contributed by atoms with E-state index in [0.29, 0.717) is 13.1 Å². The first-order chi connectivity index (χ1) is 12.7. The standard InChI is InChI=1S/C21H19FN2O2/c22-17-8-6-15(7-9-17)13-20(25)24-12-10-18(14-24)26-19-5-1-3-16-4-2-11-23-21(16)19/h1-9,11,18H,10,12-14H2/t18-/m0/s1.